The van der Waals surface area contributed by atoms with E-state index in [2.05, 4.69) is 234 Å². The van der Waals surface area contributed by atoms with E-state index in [1.165, 1.54) is 54.5 Å². The van der Waals surface area contributed by atoms with Gasteiger partial charge in [-0.2, -0.15) is 0 Å². The highest BCUT2D eigenvalue weighted by molar-refractivity contribution is 6.27. The summed E-state index contributed by atoms with van der Waals surface area (Å²) in [5.74, 6) is 1.88. The molecule has 11 aromatic carbocycles. The molecule has 0 bridgehead atoms. The number of rotatable bonds is 7. The first-order valence-corrected chi connectivity index (χ1v) is 23.8. The quantitative estimate of drug-likeness (QED) is 0.160. The molecule has 0 saturated heterocycles. The second-order valence-corrected chi connectivity index (χ2v) is 17.9. The van der Waals surface area contributed by atoms with Crippen molar-refractivity contribution in [1.82, 2.24) is 24.1 Å². The van der Waals surface area contributed by atoms with Gasteiger partial charge in [0.2, 0.25) is 0 Å². The zero-order valence-corrected chi connectivity index (χ0v) is 37.9. The Morgan fingerprint density at radius 1 is 0.243 bits per heavy atom. The summed E-state index contributed by atoms with van der Waals surface area (Å²) < 4.78 is 4.92. The Morgan fingerprint density at radius 2 is 0.729 bits per heavy atom. The van der Waals surface area contributed by atoms with Gasteiger partial charge < -0.3 is 9.13 Å². The zero-order chi connectivity index (χ0) is 46.1. The van der Waals surface area contributed by atoms with Gasteiger partial charge in [0, 0.05) is 49.3 Å². The molecule has 70 heavy (non-hydrogen) atoms. The predicted molar refractivity (Wildman–Crippen MR) is 291 cm³/mol. The predicted octanol–water partition coefficient (Wildman–Crippen LogP) is 16.7. The molecule has 3 heterocycles. The monoisotopic (exact) mass is 891 g/mol. The lowest BCUT2D eigenvalue weighted by molar-refractivity contribution is 1.08. The van der Waals surface area contributed by atoms with Crippen molar-refractivity contribution in [3.63, 3.8) is 0 Å². The Morgan fingerprint density at radius 3 is 1.41 bits per heavy atom. The van der Waals surface area contributed by atoms with Crippen molar-refractivity contribution in [3.8, 4) is 67.8 Å². The summed E-state index contributed by atoms with van der Waals surface area (Å²) in [6.07, 6.45) is 0. The van der Waals surface area contributed by atoms with Crippen LogP contribution in [0.5, 0.6) is 0 Å². The Kier molecular flexibility index (Phi) is 9.14. The van der Waals surface area contributed by atoms with Crippen LogP contribution in [0, 0.1) is 0 Å². The number of aromatic nitrogens is 5. The van der Waals surface area contributed by atoms with Crippen LogP contribution in [0.25, 0.3) is 133 Å². The molecule has 14 rings (SSSR count). The molecule has 5 nitrogen and oxygen atoms in total. The third kappa shape index (κ3) is 6.36. The summed E-state index contributed by atoms with van der Waals surface area (Å²) in [6.45, 7) is 0. The third-order valence-corrected chi connectivity index (χ3v) is 14.0. The van der Waals surface area contributed by atoms with Crippen molar-refractivity contribution >= 4 is 65.2 Å². The number of hydrogen-bond donors (Lipinski definition) is 0. The smallest absolute Gasteiger partial charge is 0.164 e. The van der Waals surface area contributed by atoms with Gasteiger partial charge >= 0.3 is 0 Å². The number of benzene rings is 11. The lowest BCUT2D eigenvalue weighted by Crippen LogP contribution is -2.02. The molecule has 0 fully saturated rings. The van der Waals surface area contributed by atoms with Gasteiger partial charge in [0.05, 0.1) is 27.8 Å². The maximum Gasteiger partial charge on any atom is 0.164 e. The first-order chi connectivity index (χ1) is 34.7. The largest absolute Gasteiger partial charge is 0.309 e. The summed E-state index contributed by atoms with van der Waals surface area (Å²) in [4.78, 5) is 15.6. The standard InChI is InChI=1S/C65H41N5/c1-5-19-42(20-6-1)43-33-35-46(36-34-43)64-66-63(45-23-9-3-10-24-45)67-65(68-64)53-37-38-58(50-29-15-13-27-48(50)53)70-57-32-18-17-30-51(57)55-39-56-60(41-59(55)70)69(47-25-11-4-12-26-47)61-40-54(44-21-7-2-8-22-44)49-28-14-16-31-52(49)62(56)61/h1-41H. The molecule has 14 aromatic rings. The van der Waals surface area contributed by atoms with Crippen LogP contribution in [0.3, 0.4) is 0 Å². The van der Waals surface area contributed by atoms with Gasteiger partial charge in [-0.1, -0.05) is 200 Å². The van der Waals surface area contributed by atoms with Crippen molar-refractivity contribution in [2.75, 3.05) is 0 Å². The second kappa shape index (κ2) is 16.1. The fraction of sp³-hybridized carbons (Fsp3) is 0. The van der Waals surface area contributed by atoms with E-state index in [0.717, 1.165) is 61.0 Å². The first kappa shape index (κ1) is 39.7. The van der Waals surface area contributed by atoms with Crippen molar-refractivity contribution in [1.29, 1.82) is 0 Å². The molecule has 0 atom stereocenters. The van der Waals surface area contributed by atoms with Crippen LogP contribution in [0.15, 0.2) is 249 Å². The number of fused-ring (bicyclic) bond motifs is 9. The van der Waals surface area contributed by atoms with E-state index < -0.39 is 0 Å². The molecule has 0 saturated carbocycles. The lowest BCUT2D eigenvalue weighted by atomic mass is 9.94. The lowest BCUT2D eigenvalue weighted by Gasteiger charge is -2.15. The molecule has 326 valence electrons. The van der Waals surface area contributed by atoms with E-state index in [-0.39, 0.29) is 0 Å². The van der Waals surface area contributed by atoms with E-state index in [4.69, 9.17) is 15.0 Å². The fourth-order valence-corrected chi connectivity index (χ4v) is 10.8. The van der Waals surface area contributed by atoms with Gasteiger partial charge in [0.1, 0.15) is 0 Å². The highest BCUT2D eigenvalue weighted by atomic mass is 15.0. The minimum Gasteiger partial charge on any atom is -0.309 e. The normalized spacial score (nSPS) is 11.7. The van der Waals surface area contributed by atoms with Crippen molar-refractivity contribution < 1.29 is 0 Å². The van der Waals surface area contributed by atoms with Gasteiger partial charge in [-0.25, -0.2) is 15.0 Å². The summed E-state index contributed by atoms with van der Waals surface area (Å²) in [5, 5.41) is 9.51. The van der Waals surface area contributed by atoms with E-state index in [9.17, 15) is 0 Å². The van der Waals surface area contributed by atoms with Gasteiger partial charge in [-0.05, 0) is 86.9 Å². The molecule has 0 radical (unpaired) electrons. The summed E-state index contributed by atoms with van der Waals surface area (Å²) in [7, 11) is 0. The van der Waals surface area contributed by atoms with Gasteiger partial charge in [0.25, 0.3) is 0 Å². The molecule has 0 N–H and O–H groups in total. The second-order valence-electron chi connectivity index (χ2n) is 17.9. The fourth-order valence-electron chi connectivity index (χ4n) is 10.8. The van der Waals surface area contributed by atoms with Crippen molar-refractivity contribution in [2.45, 2.75) is 0 Å². The Balaban J connectivity index is 1.01. The van der Waals surface area contributed by atoms with Crippen molar-refractivity contribution in [3.05, 3.63) is 249 Å². The van der Waals surface area contributed by atoms with Crippen LogP contribution in [-0.4, -0.2) is 24.1 Å². The summed E-state index contributed by atoms with van der Waals surface area (Å²) in [5.41, 5.74) is 14.3. The number of nitrogens with zero attached hydrogens (tertiary/aromatic N) is 5. The van der Waals surface area contributed by atoms with Crippen LogP contribution in [-0.2, 0) is 0 Å². The van der Waals surface area contributed by atoms with Gasteiger partial charge in [0.15, 0.2) is 17.5 Å². The zero-order valence-electron chi connectivity index (χ0n) is 37.9. The highest BCUT2D eigenvalue weighted by Gasteiger charge is 2.23. The highest BCUT2D eigenvalue weighted by Crippen LogP contribution is 2.45. The maximum atomic E-state index is 5.25. The molecule has 0 spiro atoms. The van der Waals surface area contributed by atoms with Crippen LogP contribution >= 0.6 is 0 Å². The maximum absolute atomic E-state index is 5.25. The first-order valence-electron chi connectivity index (χ1n) is 23.8. The average molecular weight is 892 g/mol. The van der Waals surface area contributed by atoms with E-state index in [1.807, 2.05) is 24.3 Å². The van der Waals surface area contributed by atoms with Gasteiger partial charge in [-0.3, -0.25) is 0 Å². The molecule has 5 heteroatoms. The molecule has 0 unspecified atom stereocenters. The van der Waals surface area contributed by atoms with Crippen LogP contribution in [0.2, 0.25) is 0 Å². The molecule has 0 amide bonds. The Hall–Kier alpha value is -9.45. The number of para-hydroxylation sites is 2. The summed E-state index contributed by atoms with van der Waals surface area (Å²) >= 11 is 0. The van der Waals surface area contributed by atoms with Gasteiger partial charge in [-0.15, -0.1) is 0 Å². The molecular formula is C65H41N5. The van der Waals surface area contributed by atoms with Crippen LogP contribution in [0.1, 0.15) is 0 Å². The molecular weight excluding hydrogens is 851 g/mol. The topological polar surface area (TPSA) is 48.5 Å². The SMILES string of the molecule is c1ccc(-c2ccc(-c3nc(-c4ccccc4)nc(-c4ccc(-n5c6ccccc6c6cc7c8c9ccccc9c(-c9ccccc9)cc8n(-c8ccccc8)c7cc65)c5ccccc45)n3)cc2)cc1. The average Bonchev–Trinajstić information content (AvgIpc) is 3.94. The third-order valence-electron chi connectivity index (χ3n) is 14.0. The minimum absolute atomic E-state index is 0.622. The molecule has 0 aliphatic heterocycles. The Labute approximate surface area is 403 Å². The van der Waals surface area contributed by atoms with Crippen LogP contribution in [0.4, 0.5) is 0 Å². The minimum atomic E-state index is 0.622. The Bertz CT molecular complexity index is 4310. The van der Waals surface area contributed by atoms with Crippen LogP contribution < -0.4 is 0 Å². The molecule has 0 aliphatic carbocycles. The van der Waals surface area contributed by atoms with E-state index >= 15 is 0 Å². The van der Waals surface area contributed by atoms with E-state index in [0.29, 0.717) is 17.5 Å². The van der Waals surface area contributed by atoms with Crippen molar-refractivity contribution in [2.24, 2.45) is 0 Å². The molecule has 3 aromatic heterocycles. The van der Waals surface area contributed by atoms with E-state index in [1.54, 1.807) is 0 Å². The summed E-state index contributed by atoms with van der Waals surface area (Å²) in [6, 6.07) is 88.8. The molecule has 0 aliphatic rings. The number of hydrogen-bond acceptors (Lipinski definition) is 3.